The fourth-order valence-corrected chi connectivity index (χ4v) is 2.63. The van der Waals surface area contributed by atoms with E-state index in [-0.39, 0.29) is 0 Å². The first kappa shape index (κ1) is 14.8. The van der Waals surface area contributed by atoms with Crippen LogP contribution in [0.5, 0.6) is 5.75 Å². The molecular weight excluding hydrogens is 268 g/mol. The van der Waals surface area contributed by atoms with Crippen LogP contribution in [0.25, 0.3) is 0 Å². The van der Waals surface area contributed by atoms with Crippen LogP contribution < -0.4 is 10.1 Å². The zero-order chi connectivity index (χ0) is 14.2. The summed E-state index contributed by atoms with van der Waals surface area (Å²) in [5, 5.41) is 6.66. The second-order valence-electron chi connectivity index (χ2n) is 4.61. The number of ether oxygens (including phenoxy) is 1. The number of thiazole rings is 1. The molecule has 1 unspecified atom stereocenters. The average Bonchev–Trinajstić information content (AvgIpc) is 3.00. The quantitative estimate of drug-likeness (QED) is 0.754. The number of nitrogens with one attached hydrogen (secondary N) is 1. The zero-order valence-corrected chi connectivity index (χ0v) is 12.5. The van der Waals surface area contributed by atoms with Crippen LogP contribution in [-0.2, 0) is 6.54 Å². The Morgan fingerprint density at radius 3 is 3.05 bits per heavy atom. The van der Waals surface area contributed by atoms with Gasteiger partial charge in [0, 0.05) is 36.1 Å². The summed E-state index contributed by atoms with van der Waals surface area (Å²) in [5.41, 5.74) is 1.17. The van der Waals surface area contributed by atoms with Gasteiger partial charge in [0.25, 0.3) is 0 Å². The lowest BCUT2D eigenvalue weighted by atomic mass is 10.1. The Hall–Kier alpha value is -1.65. The van der Waals surface area contributed by atoms with Crippen molar-refractivity contribution in [2.24, 2.45) is 0 Å². The van der Waals surface area contributed by atoms with Crippen molar-refractivity contribution in [3.05, 3.63) is 59.1 Å². The molecular formula is C16H20N2OS. The molecule has 3 nitrogen and oxygen atoms in total. The van der Waals surface area contributed by atoms with Crippen molar-refractivity contribution in [2.45, 2.75) is 19.4 Å². The van der Waals surface area contributed by atoms with Crippen LogP contribution in [0.2, 0.25) is 0 Å². The Bertz CT molecular complexity index is 525. The van der Waals surface area contributed by atoms with Gasteiger partial charge in [-0.05, 0) is 6.07 Å². The molecule has 1 heterocycles. The van der Waals surface area contributed by atoms with Crippen molar-refractivity contribution in [1.82, 2.24) is 10.3 Å². The maximum atomic E-state index is 5.65. The van der Waals surface area contributed by atoms with Crippen molar-refractivity contribution < 1.29 is 4.74 Å². The molecule has 1 aromatic carbocycles. The van der Waals surface area contributed by atoms with E-state index >= 15 is 0 Å². The minimum atomic E-state index is 0.427. The molecule has 1 N–H and O–H groups in total. The third-order valence-electron chi connectivity index (χ3n) is 2.97. The number of rotatable bonds is 8. The summed E-state index contributed by atoms with van der Waals surface area (Å²) in [6.45, 7) is 8.09. The highest BCUT2D eigenvalue weighted by Crippen LogP contribution is 2.19. The van der Waals surface area contributed by atoms with Gasteiger partial charge in [-0.3, -0.25) is 0 Å². The number of nitrogens with zero attached hydrogens (tertiary/aromatic N) is 1. The molecule has 0 aliphatic heterocycles. The highest BCUT2D eigenvalue weighted by atomic mass is 32.1. The Kier molecular flexibility index (Phi) is 5.77. The van der Waals surface area contributed by atoms with E-state index < -0.39 is 0 Å². The normalized spacial score (nSPS) is 12.1. The lowest BCUT2D eigenvalue weighted by Crippen LogP contribution is -2.20. The lowest BCUT2D eigenvalue weighted by molar-refractivity contribution is 0.357. The minimum absolute atomic E-state index is 0.427. The zero-order valence-electron chi connectivity index (χ0n) is 11.7. The topological polar surface area (TPSA) is 34.1 Å². The molecule has 2 aromatic rings. The van der Waals surface area contributed by atoms with Gasteiger partial charge in [-0.15, -0.1) is 11.3 Å². The lowest BCUT2D eigenvalue weighted by Gasteiger charge is -2.13. The van der Waals surface area contributed by atoms with Crippen molar-refractivity contribution in [3.8, 4) is 5.75 Å². The van der Waals surface area contributed by atoms with Gasteiger partial charge in [-0.25, -0.2) is 4.98 Å². The molecule has 2 rings (SSSR count). The predicted molar refractivity (Wildman–Crippen MR) is 84.4 cm³/mol. The number of hydrogen-bond donors (Lipinski definition) is 1. The SMILES string of the molecule is C=CCOc1ccccc1CNCC(C)c1nccs1. The van der Waals surface area contributed by atoms with Crippen LogP contribution in [0.15, 0.2) is 48.5 Å². The Labute approximate surface area is 124 Å². The van der Waals surface area contributed by atoms with E-state index in [0.29, 0.717) is 12.5 Å². The van der Waals surface area contributed by atoms with Crippen LogP contribution in [-0.4, -0.2) is 18.1 Å². The predicted octanol–water partition coefficient (Wildman–Crippen LogP) is 3.60. The molecule has 4 heteroatoms. The fourth-order valence-electron chi connectivity index (χ4n) is 1.93. The van der Waals surface area contributed by atoms with E-state index in [9.17, 15) is 0 Å². The summed E-state index contributed by atoms with van der Waals surface area (Å²) < 4.78 is 5.65. The average molecular weight is 288 g/mol. The molecule has 0 saturated carbocycles. The van der Waals surface area contributed by atoms with Crippen molar-refractivity contribution >= 4 is 11.3 Å². The van der Waals surface area contributed by atoms with E-state index in [2.05, 4.69) is 29.9 Å². The first-order chi connectivity index (χ1) is 9.81. The molecule has 0 fully saturated rings. The van der Waals surface area contributed by atoms with Crippen molar-refractivity contribution in [1.29, 1.82) is 0 Å². The van der Waals surface area contributed by atoms with Crippen LogP contribution >= 0.6 is 11.3 Å². The molecule has 106 valence electrons. The van der Waals surface area contributed by atoms with E-state index in [1.54, 1.807) is 17.4 Å². The molecule has 0 bridgehead atoms. The monoisotopic (exact) mass is 288 g/mol. The van der Waals surface area contributed by atoms with Gasteiger partial charge in [0.05, 0.1) is 5.01 Å². The summed E-state index contributed by atoms with van der Waals surface area (Å²) in [7, 11) is 0. The summed E-state index contributed by atoms with van der Waals surface area (Å²) in [6.07, 6.45) is 3.61. The molecule has 1 aromatic heterocycles. The molecule has 1 atom stereocenters. The van der Waals surface area contributed by atoms with Crippen LogP contribution in [0.4, 0.5) is 0 Å². The standard InChI is InChI=1S/C16H20N2OS/c1-3-9-19-15-7-5-4-6-14(15)12-17-11-13(2)16-18-8-10-20-16/h3-8,10,13,17H,1,9,11-12H2,2H3. The Morgan fingerprint density at radius 1 is 1.45 bits per heavy atom. The van der Waals surface area contributed by atoms with Crippen LogP contribution in [0, 0.1) is 0 Å². The summed E-state index contributed by atoms with van der Waals surface area (Å²) in [4.78, 5) is 4.34. The van der Waals surface area contributed by atoms with E-state index in [1.807, 2.05) is 29.8 Å². The third-order valence-corrected chi connectivity index (χ3v) is 3.98. The van der Waals surface area contributed by atoms with Gasteiger partial charge >= 0.3 is 0 Å². The van der Waals surface area contributed by atoms with Crippen molar-refractivity contribution in [2.75, 3.05) is 13.2 Å². The second-order valence-corrected chi connectivity index (χ2v) is 5.54. The van der Waals surface area contributed by atoms with Gasteiger partial charge in [-0.2, -0.15) is 0 Å². The summed E-state index contributed by atoms with van der Waals surface area (Å²) in [5.74, 6) is 1.35. The molecule has 0 radical (unpaired) electrons. The maximum absolute atomic E-state index is 5.65. The Balaban J connectivity index is 1.86. The highest BCUT2D eigenvalue weighted by molar-refractivity contribution is 7.09. The molecule has 0 saturated heterocycles. The molecule has 0 spiro atoms. The van der Waals surface area contributed by atoms with E-state index in [0.717, 1.165) is 18.8 Å². The number of benzene rings is 1. The molecule has 0 amide bonds. The van der Waals surface area contributed by atoms with Gasteiger partial charge in [-0.1, -0.05) is 37.8 Å². The summed E-state index contributed by atoms with van der Waals surface area (Å²) >= 11 is 1.70. The molecule has 20 heavy (non-hydrogen) atoms. The number of para-hydroxylation sites is 1. The van der Waals surface area contributed by atoms with Crippen LogP contribution in [0.3, 0.4) is 0 Å². The fraction of sp³-hybridized carbons (Fsp3) is 0.312. The summed E-state index contributed by atoms with van der Waals surface area (Å²) in [6, 6.07) is 8.09. The van der Waals surface area contributed by atoms with Gasteiger partial charge in [0.2, 0.25) is 0 Å². The third kappa shape index (κ3) is 4.18. The first-order valence-electron chi connectivity index (χ1n) is 6.73. The van der Waals surface area contributed by atoms with E-state index in [4.69, 9.17) is 4.74 Å². The number of hydrogen-bond acceptors (Lipinski definition) is 4. The first-order valence-corrected chi connectivity index (χ1v) is 7.61. The Morgan fingerprint density at radius 2 is 2.30 bits per heavy atom. The maximum Gasteiger partial charge on any atom is 0.124 e. The number of aromatic nitrogens is 1. The van der Waals surface area contributed by atoms with Gasteiger partial charge in [0.15, 0.2) is 0 Å². The largest absolute Gasteiger partial charge is 0.489 e. The smallest absolute Gasteiger partial charge is 0.124 e. The van der Waals surface area contributed by atoms with E-state index in [1.165, 1.54) is 10.6 Å². The minimum Gasteiger partial charge on any atom is -0.489 e. The molecule has 0 aliphatic carbocycles. The molecule has 0 aliphatic rings. The van der Waals surface area contributed by atoms with Crippen LogP contribution in [0.1, 0.15) is 23.4 Å². The highest BCUT2D eigenvalue weighted by Gasteiger charge is 2.08. The van der Waals surface area contributed by atoms with Crippen molar-refractivity contribution in [3.63, 3.8) is 0 Å². The second kappa shape index (κ2) is 7.82. The van der Waals surface area contributed by atoms with Gasteiger partial charge < -0.3 is 10.1 Å². The van der Waals surface area contributed by atoms with Gasteiger partial charge in [0.1, 0.15) is 12.4 Å².